The van der Waals surface area contributed by atoms with E-state index in [4.69, 9.17) is 0 Å². The number of rotatable bonds is 6. The number of nitriles is 1. The molecule has 1 aliphatic carbocycles. The van der Waals surface area contributed by atoms with Crippen molar-refractivity contribution in [3.63, 3.8) is 0 Å². The Morgan fingerprint density at radius 1 is 1.39 bits per heavy atom. The highest BCUT2D eigenvalue weighted by Crippen LogP contribution is 2.50. The van der Waals surface area contributed by atoms with Crippen LogP contribution in [0, 0.1) is 23.2 Å². The molecule has 0 spiro atoms. The monoisotopic (exact) mass is 424 g/mol. The van der Waals surface area contributed by atoms with Crippen LogP contribution in [-0.4, -0.2) is 38.8 Å². The first kappa shape index (κ1) is 20.6. The summed E-state index contributed by atoms with van der Waals surface area (Å²) in [5.74, 6) is -1.77. The molecule has 0 bridgehead atoms. The van der Waals surface area contributed by atoms with Crippen molar-refractivity contribution in [3.05, 3.63) is 60.3 Å². The number of nitrogens with zero attached hydrogens (tertiary/aromatic N) is 6. The van der Waals surface area contributed by atoms with E-state index in [0.29, 0.717) is 5.69 Å². The molecular weight excluding hydrogens is 405 g/mol. The molecule has 0 N–H and O–H groups in total. The lowest BCUT2D eigenvalue weighted by molar-refractivity contribution is -0.151. The number of allylic oxidation sites excluding steroid dienone is 1. The molecule has 3 aromatic heterocycles. The van der Waals surface area contributed by atoms with Crippen LogP contribution >= 0.6 is 0 Å². The maximum Gasteiger partial charge on any atom is 0.392 e. The van der Waals surface area contributed by atoms with Crippen LogP contribution in [0.2, 0.25) is 0 Å². The normalized spacial score (nSPS) is 18.6. The van der Waals surface area contributed by atoms with Gasteiger partial charge in [-0.05, 0) is 49.1 Å². The number of imidazole rings is 1. The first-order chi connectivity index (χ1) is 14.8. The SMILES string of the molecule is C=NN(/C=C(\C)c1ccc(C#N)nc1-c1ccn2ccnc2c1)C[C@H]1C[C@@H]1C(F)(F)F. The number of alkyl halides is 3. The number of pyridine rings is 2. The molecule has 158 valence electrons. The molecule has 3 heterocycles. The quantitative estimate of drug-likeness (QED) is 0.423. The minimum Gasteiger partial charge on any atom is -0.307 e. The van der Waals surface area contributed by atoms with Crippen molar-refractivity contribution >= 4 is 17.9 Å². The molecule has 3 aromatic rings. The number of hydrogen-bond acceptors (Lipinski definition) is 5. The van der Waals surface area contributed by atoms with Crippen molar-refractivity contribution < 1.29 is 13.2 Å². The summed E-state index contributed by atoms with van der Waals surface area (Å²) in [7, 11) is 0. The Hall–Kier alpha value is -3.67. The molecule has 1 saturated carbocycles. The molecule has 0 saturated heterocycles. The van der Waals surface area contributed by atoms with E-state index in [9.17, 15) is 18.4 Å². The first-order valence-corrected chi connectivity index (χ1v) is 9.63. The van der Waals surface area contributed by atoms with Gasteiger partial charge in [0.25, 0.3) is 0 Å². The van der Waals surface area contributed by atoms with Crippen LogP contribution in [0.3, 0.4) is 0 Å². The second-order valence-electron chi connectivity index (χ2n) is 7.53. The zero-order chi connectivity index (χ0) is 22.2. The van der Waals surface area contributed by atoms with Crippen LogP contribution in [0.5, 0.6) is 0 Å². The third kappa shape index (κ3) is 4.28. The fourth-order valence-corrected chi connectivity index (χ4v) is 3.65. The highest BCUT2D eigenvalue weighted by Gasteiger charge is 2.55. The lowest BCUT2D eigenvalue weighted by atomic mass is 10.0. The number of fused-ring (bicyclic) bond motifs is 1. The second kappa shape index (κ2) is 7.87. The Morgan fingerprint density at radius 2 is 2.19 bits per heavy atom. The third-order valence-corrected chi connectivity index (χ3v) is 5.39. The fraction of sp³-hybridized carbons (Fsp3) is 0.273. The molecule has 0 radical (unpaired) electrons. The molecule has 0 amide bonds. The lowest BCUT2D eigenvalue weighted by Crippen LogP contribution is -2.19. The molecule has 9 heteroatoms. The Balaban J connectivity index is 1.66. The van der Waals surface area contributed by atoms with Gasteiger partial charge in [0.2, 0.25) is 0 Å². The van der Waals surface area contributed by atoms with E-state index in [1.807, 2.05) is 41.9 Å². The van der Waals surface area contributed by atoms with Crippen molar-refractivity contribution in [2.24, 2.45) is 16.9 Å². The molecule has 4 rings (SSSR count). The average molecular weight is 424 g/mol. The van der Waals surface area contributed by atoms with Crippen molar-refractivity contribution in [1.82, 2.24) is 19.4 Å². The number of aromatic nitrogens is 3. The Kier molecular flexibility index (Phi) is 5.23. The van der Waals surface area contributed by atoms with Gasteiger partial charge in [-0.3, -0.25) is 5.01 Å². The van der Waals surface area contributed by atoms with Crippen LogP contribution < -0.4 is 0 Å². The van der Waals surface area contributed by atoms with Gasteiger partial charge in [0, 0.05) is 49.2 Å². The van der Waals surface area contributed by atoms with Gasteiger partial charge in [0.05, 0.1) is 11.6 Å². The average Bonchev–Trinajstić information content (AvgIpc) is 3.38. The van der Waals surface area contributed by atoms with Crippen molar-refractivity contribution in [2.45, 2.75) is 19.5 Å². The predicted molar refractivity (Wildman–Crippen MR) is 111 cm³/mol. The molecule has 31 heavy (non-hydrogen) atoms. The lowest BCUT2D eigenvalue weighted by Gasteiger charge is -2.17. The molecule has 0 unspecified atom stereocenters. The highest BCUT2D eigenvalue weighted by molar-refractivity contribution is 5.79. The van der Waals surface area contributed by atoms with Crippen LogP contribution in [-0.2, 0) is 0 Å². The number of halogens is 3. The van der Waals surface area contributed by atoms with E-state index in [-0.39, 0.29) is 18.7 Å². The maximum atomic E-state index is 12.9. The molecule has 0 aliphatic heterocycles. The molecule has 1 fully saturated rings. The van der Waals surface area contributed by atoms with Crippen molar-refractivity contribution in [2.75, 3.05) is 6.54 Å². The highest BCUT2D eigenvalue weighted by atomic mass is 19.4. The zero-order valence-corrected chi connectivity index (χ0v) is 16.7. The van der Waals surface area contributed by atoms with Crippen LogP contribution in [0.4, 0.5) is 13.2 Å². The summed E-state index contributed by atoms with van der Waals surface area (Å²) in [6.45, 7) is 5.46. The first-order valence-electron chi connectivity index (χ1n) is 9.63. The van der Waals surface area contributed by atoms with Crippen LogP contribution in [0.1, 0.15) is 24.6 Å². The summed E-state index contributed by atoms with van der Waals surface area (Å²) in [4.78, 5) is 8.75. The van der Waals surface area contributed by atoms with Gasteiger partial charge >= 0.3 is 6.18 Å². The largest absolute Gasteiger partial charge is 0.392 e. The van der Waals surface area contributed by atoms with E-state index >= 15 is 0 Å². The second-order valence-corrected chi connectivity index (χ2v) is 7.53. The Labute approximate surface area is 177 Å². The van der Waals surface area contributed by atoms with E-state index < -0.39 is 18.0 Å². The molecule has 6 nitrogen and oxygen atoms in total. The molecule has 1 aliphatic rings. The zero-order valence-electron chi connectivity index (χ0n) is 16.7. The standard InChI is InChI=1S/C22H19F3N6/c1-14(12-31(27-2)13-16-9-19(16)22(23,24)25)18-4-3-17(11-26)29-21(18)15-5-7-30-8-6-28-20(30)10-15/h3-8,10,12,16,19H,2,9,13H2,1H3/b14-12+/t16-,19+/m1/s1. The summed E-state index contributed by atoms with van der Waals surface area (Å²) in [6, 6.07) is 9.16. The van der Waals surface area contributed by atoms with Gasteiger partial charge in [0.15, 0.2) is 0 Å². The summed E-state index contributed by atoms with van der Waals surface area (Å²) < 4.78 is 40.4. The maximum absolute atomic E-state index is 12.9. The smallest absolute Gasteiger partial charge is 0.307 e. The van der Waals surface area contributed by atoms with Gasteiger partial charge in [-0.25, -0.2) is 9.97 Å². The van der Waals surface area contributed by atoms with Crippen molar-refractivity contribution in [3.8, 4) is 17.3 Å². The fourth-order valence-electron chi connectivity index (χ4n) is 3.65. The van der Waals surface area contributed by atoms with Gasteiger partial charge < -0.3 is 4.40 Å². The van der Waals surface area contributed by atoms with Gasteiger partial charge in [-0.2, -0.15) is 23.5 Å². The Bertz CT molecular complexity index is 1200. The van der Waals surface area contributed by atoms with E-state index in [2.05, 4.69) is 21.8 Å². The summed E-state index contributed by atoms with van der Waals surface area (Å²) in [5.41, 5.74) is 3.84. The number of hydrogen-bond donors (Lipinski definition) is 0. The van der Waals surface area contributed by atoms with Gasteiger partial charge in [-0.1, -0.05) is 0 Å². The molecular formula is C22H19F3N6. The summed E-state index contributed by atoms with van der Waals surface area (Å²) >= 11 is 0. The third-order valence-electron chi connectivity index (χ3n) is 5.39. The predicted octanol–water partition coefficient (Wildman–Crippen LogP) is 4.74. The summed E-state index contributed by atoms with van der Waals surface area (Å²) in [6.07, 6.45) is 2.96. The van der Waals surface area contributed by atoms with E-state index in [1.165, 1.54) is 5.01 Å². The van der Waals surface area contributed by atoms with Gasteiger partial charge in [0.1, 0.15) is 17.4 Å². The van der Waals surface area contributed by atoms with E-state index in [1.54, 1.807) is 24.5 Å². The van der Waals surface area contributed by atoms with Crippen molar-refractivity contribution in [1.29, 1.82) is 5.26 Å². The topological polar surface area (TPSA) is 69.6 Å². The Morgan fingerprint density at radius 3 is 2.87 bits per heavy atom. The molecule has 2 atom stereocenters. The van der Waals surface area contributed by atoms with Crippen LogP contribution in [0.15, 0.2) is 54.2 Å². The number of hydrazone groups is 1. The minimum absolute atomic E-state index is 0.108. The van der Waals surface area contributed by atoms with Gasteiger partial charge in [-0.15, -0.1) is 0 Å². The minimum atomic E-state index is -4.17. The van der Waals surface area contributed by atoms with E-state index in [0.717, 1.165) is 22.3 Å². The molecule has 0 aromatic carbocycles. The van der Waals surface area contributed by atoms with Crippen LogP contribution in [0.25, 0.3) is 22.5 Å². The summed E-state index contributed by atoms with van der Waals surface area (Å²) in [5, 5.41) is 14.6.